The molecule has 2 heterocycles. The van der Waals surface area contributed by atoms with Gasteiger partial charge in [-0.3, -0.25) is 9.59 Å². The van der Waals surface area contributed by atoms with Crippen LogP contribution in [-0.4, -0.2) is 41.9 Å². The fourth-order valence-electron chi connectivity index (χ4n) is 3.89. The van der Waals surface area contributed by atoms with Gasteiger partial charge in [-0.15, -0.1) is 0 Å². The van der Waals surface area contributed by atoms with Crippen LogP contribution in [0.1, 0.15) is 54.4 Å². The van der Waals surface area contributed by atoms with E-state index in [0.717, 1.165) is 18.4 Å². The van der Waals surface area contributed by atoms with Crippen LogP contribution in [0.5, 0.6) is 0 Å². The molecule has 0 unspecified atom stereocenters. The van der Waals surface area contributed by atoms with Crippen molar-refractivity contribution in [2.24, 2.45) is 0 Å². The molecule has 0 atom stereocenters. The first-order chi connectivity index (χ1) is 12.1. The summed E-state index contributed by atoms with van der Waals surface area (Å²) in [6.45, 7) is 1.33. The number of nitrogens with zero attached hydrogens (tertiary/aromatic N) is 1. The van der Waals surface area contributed by atoms with Crippen LogP contribution in [0.15, 0.2) is 12.1 Å². The van der Waals surface area contributed by atoms with E-state index in [-0.39, 0.29) is 17.4 Å². The highest BCUT2D eigenvalue weighted by Gasteiger charge is 2.29. The summed E-state index contributed by atoms with van der Waals surface area (Å²) in [6, 6.07) is 4.02. The second kappa shape index (κ2) is 6.75. The van der Waals surface area contributed by atoms with Gasteiger partial charge < -0.3 is 15.5 Å². The number of hydrogen-bond acceptors (Lipinski definition) is 3. The van der Waals surface area contributed by atoms with Gasteiger partial charge in [-0.05, 0) is 49.8 Å². The Labute approximate surface area is 147 Å². The number of carbonyl (C=O) groups excluding carboxylic acids is 2. The third-order valence-corrected chi connectivity index (χ3v) is 5.68. The summed E-state index contributed by atoms with van der Waals surface area (Å²) in [5.74, 6) is -0.896. The number of benzene rings is 1. The standard InChI is InChI=1S/C19H24FN3O2/c20-16-11-17-12(4-5-18(24)22-17)10-15(16)19(25)23-8-6-14(7-9-23)21-13-2-1-3-13/h10-11,13-14,21H,1-9H2,(H,22,24). The lowest BCUT2D eigenvalue weighted by Crippen LogP contribution is -2.49. The zero-order valence-electron chi connectivity index (χ0n) is 14.3. The minimum absolute atomic E-state index is 0.105. The van der Waals surface area contributed by atoms with E-state index in [1.54, 1.807) is 11.0 Å². The van der Waals surface area contributed by atoms with Gasteiger partial charge in [-0.2, -0.15) is 0 Å². The number of halogens is 1. The van der Waals surface area contributed by atoms with Gasteiger partial charge in [0.05, 0.1) is 5.56 Å². The average molecular weight is 345 g/mol. The number of rotatable bonds is 3. The van der Waals surface area contributed by atoms with Gasteiger partial charge in [-0.25, -0.2) is 4.39 Å². The number of fused-ring (bicyclic) bond motifs is 1. The van der Waals surface area contributed by atoms with Crippen LogP contribution in [0.2, 0.25) is 0 Å². The van der Waals surface area contributed by atoms with E-state index in [1.165, 1.54) is 25.3 Å². The highest BCUT2D eigenvalue weighted by Crippen LogP contribution is 2.27. The molecule has 4 rings (SSSR count). The van der Waals surface area contributed by atoms with Crippen molar-refractivity contribution in [3.8, 4) is 0 Å². The summed E-state index contributed by atoms with van der Waals surface area (Å²) in [5, 5.41) is 6.33. The summed E-state index contributed by atoms with van der Waals surface area (Å²) in [4.78, 5) is 25.9. The van der Waals surface area contributed by atoms with Crippen LogP contribution in [0.25, 0.3) is 0 Å². The van der Waals surface area contributed by atoms with E-state index in [1.807, 2.05) is 0 Å². The van der Waals surface area contributed by atoms with Crippen LogP contribution in [-0.2, 0) is 11.2 Å². The Balaban J connectivity index is 1.42. The first kappa shape index (κ1) is 16.5. The first-order valence-corrected chi connectivity index (χ1v) is 9.28. The fraction of sp³-hybridized carbons (Fsp3) is 0.579. The van der Waals surface area contributed by atoms with Gasteiger partial charge in [0.15, 0.2) is 0 Å². The predicted molar refractivity (Wildman–Crippen MR) is 93.1 cm³/mol. The highest BCUT2D eigenvalue weighted by molar-refractivity contribution is 5.98. The van der Waals surface area contributed by atoms with Crippen molar-refractivity contribution >= 4 is 17.5 Å². The molecule has 0 spiro atoms. The smallest absolute Gasteiger partial charge is 0.256 e. The van der Waals surface area contributed by atoms with Crippen molar-refractivity contribution < 1.29 is 14.0 Å². The average Bonchev–Trinajstić information content (AvgIpc) is 2.57. The predicted octanol–water partition coefficient (Wildman–Crippen LogP) is 2.46. The molecule has 0 bridgehead atoms. The maximum atomic E-state index is 14.4. The van der Waals surface area contributed by atoms with Gasteiger partial charge in [0, 0.05) is 37.3 Å². The minimum Gasteiger partial charge on any atom is -0.338 e. The number of likely N-dealkylation sites (tertiary alicyclic amines) is 1. The molecule has 3 aliphatic rings. The van der Waals surface area contributed by atoms with E-state index in [4.69, 9.17) is 0 Å². The number of piperidine rings is 1. The Bertz CT molecular complexity index is 694. The molecule has 5 nitrogen and oxygen atoms in total. The third kappa shape index (κ3) is 3.40. The van der Waals surface area contributed by atoms with Crippen molar-refractivity contribution in [2.45, 2.75) is 57.0 Å². The summed E-state index contributed by atoms with van der Waals surface area (Å²) < 4.78 is 14.4. The first-order valence-electron chi connectivity index (χ1n) is 9.28. The number of anilines is 1. The van der Waals surface area contributed by atoms with Crippen molar-refractivity contribution in [1.29, 1.82) is 0 Å². The van der Waals surface area contributed by atoms with Gasteiger partial charge in [0.2, 0.25) is 5.91 Å². The van der Waals surface area contributed by atoms with E-state index in [9.17, 15) is 14.0 Å². The van der Waals surface area contributed by atoms with Gasteiger partial charge in [0.1, 0.15) is 5.82 Å². The second-order valence-electron chi connectivity index (χ2n) is 7.40. The molecule has 0 aromatic heterocycles. The number of carbonyl (C=O) groups is 2. The van der Waals surface area contributed by atoms with Crippen molar-refractivity contribution in [3.05, 3.63) is 29.1 Å². The molecule has 2 aliphatic heterocycles. The second-order valence-corrected chi connectivity index (χ2v) is 7.40. The minimum atomic E-state index is -0.555. The van der Waals surface area contributed by atoms with Crippen molar-refractivity contribution in [1.82, 2.24) is 10.2 Å². The molecule has 25 heavy (non-hydrogen) atoms. The molecule has 1 saturated heterocycles. The summed E-state index contributed by atoms with van der Waals surface area (Å²) >= 11 is 0. The molecule has 2 fully saturated rings. The third-order valence-electron chi connectivity index (χ3n) is 5.68. The Kier molecular flexibility index (Phi) is 4.46. The Morgan fingerprint density at radius 3 is 2.52 bits per heavy atom. The summed E-state index contributed by atoms with van der Waals surface area (Å²) in [5.41, 5.74) is 1.46. The normalized spacial score (nSPS) is 21.5. The van der Waals surface area contributed by atoms with E-state index in [2.05, 4.69) is 10.6 Å². The number of aryl methyl sites for hydroxylation is 1. The van der Waals surface area contributed by atoms with Crippen LogP contribution in [0.4, 0.5) is 10.1 Å². The number of nitrogens with one attached hydrogen (secondary N) is 2. The van der Waals surface area contributed by atoms with Crippen LogP contribution in [0, 0.1) is 5.82 Å². The quantitative estimate of drug-likeness (QED) is 0.885. The maximum Gasteiger partial charge on any atom is 0.256 e. The largest absolute Gasteiger partial charge is 0.338 e. The molecule has 1 aliphatic carbocycles. The van der Waals surface area contributed by atoms with E-state index < -0.39 is 5.82 Å². The Morgan fingerprint density at radius 1 is 1.12 bits per heavy atom. The molecular weight excluding hydrogens is 321 g/mol. The van der Waals surface area contributed by atoms with Gasteiger partial charge in [-0.1, -0.05) is 6.42 Å². The summed E-state index contributed by atoms with van der Waals surface area (Å²) in [6.07, 6.45) is 6.61. The van der Waals surface area contributed by atoms with Gasteiger partial charge in [0.25, 0.3) is 5.91 Å². The molecular formula is C19H24FN3O2. The molecule has 1 aromatic rings. The Hall–Kier alpha value is -1.95. The summed E-state index contributed by atoms with van der Waals surface area (Å²) in [7, 11) is 0. The molecule has 2 amide bonds. The van der Waals surface area contributed by atoms with Crippen LogP contribution < -0.4 is 10.6 Å². The molecule has 134 valence electrons. The molecule has 1 aromatic carbocycles. The lowest BCUT2D eigenvalue weighted by atomic mass is 9.91. The molecule has 6 heteroatoms. The highest BCUT2D eigenvalue weighted by atomic mass is 19.1. The van der Waals surface area contributed by atoms with Crippen LogP contribution >= 0.6 is 0 Å². The molecule has 0 radical (unpaired) electrons. The number of hydrogen-bond donors (Lipinski definition) is 2. The SMILES string of the molecule is O=C1CCc2cc(C(=O)N3CCC(NC4CCC4)CC3)c(F)cc2N1. The fourth-order valence-corrected chi connectivity index (χ4v) is 3.89. The number of amides is 2. The molecule has 2 N–H and O–H groups in total. The van der Waals surface area contributed by atoms with Gasteiger partial charge >= 0.3 is 0 Å². The lowest BCUT2D eigenvalue weighted by molar-refractivity contribution is -0.116. The van der Waals surface area contributed by atoms with Crippen LogP contribution in [0.3, 0.4) is 0 Å². The van der Waals surface area contributed by atoms with Crippen molar-refractivity contribution in [3.63, 3.8) is 0 Å². The topological polar surface area (TPSA) is 61.4 Å². The monoisotopic (exact) mass is 345 g/mol. The zero-order chi connectivity index (χ0) is 17.4. The molecule has 1 saturated carbocycles. The van der Waals surface area contributed by atoms with Crippen molar-refractivity contribution in [2.75, 3.05) is 18.4 Å². The van der Waals surface area contributed by atoms with E-state index >= 15 is 0 Å². The lowest BCUT2D eigenvalue weighted by Gasteiger charge is -2.37. The zero-order valence-corrected chi connectivity index (χ0v) is 14.3. The van der Waals surface area contributed by atoms with E-state index in [0.29, 0.717) is 43.7 Å². The maximum absolute atomic E-state index is 14.4. The Morgan fingerprint density at radius 2 is 1.84 bits per heavy atom.